The van der Waals surface area contributed by atoms with Gasteiger partial charge in [-0.25, -0.2) is 28.2 Å². The monoisotopic (exact) mass is 375 g/mol. The highest BCUT2D eigenvalue weighted by Gasteiger charge is 2.25. The highest BCUT2D eigenvalue weighted by atomic mass is 19.1. The quantitative estimate of drug-likeness (QED) is 0.756. The van der Waals surface area contributed by atoms with Gasteiger partial charge in [-0.15, -0.1) is 0 Å². The van der Waals surface area contributed by atoms with Crippen molar-refractivity contribution in [2.24, 2.45) is 0 Å². The lowest BCUT2D eigenvalue weighted by atomic mass is 10.1. The number of carboxylic acid groups (broad SMARTS) is 1. The van der Waals surface area contributed by atoms with Crippen LogP contribution in [0.3, 0.4) is 0 Å². The van der Waals surface area contributed by atoms with Crippen LogP contribution >= 0.6 is 0 Å². The van der Waals surface area contributed by atoms with Crippen molar-refractivity contribution in [2.45, 2.75) is 18.9 Å². The third-order valence-electron chi connectivity index (χ3n) is 4.46. The summed E-state index contributed by atoms with van der Waals surface area (Å²) in [5.41, 5.74) is 0.388. The van der Waals surface area contributed by atoms with Crippen molar-refractivity contribution >= 4 is 17.1 Å². The minimum atomic E-state index is -0.944. The molecule has 0 spiro atoms. The Morgan fingerprint density at radius 3 is 2.70 bits per heavy atom. The van der Waals surface area contributed by atoms with E-state index in [1.54, 1.807) is 0 Å². The normalized spacial score (nSPS) is 15.3. The third-order valence-corrected chi connectivity index (χ3v) is 4.46. The van der Waals surface area contributed by atoms with Gasteiger partial charge in [0, 0.05) is 32.0 Å². The fourth-order valence-electron chi connectivity index (χ4n) is 3.07. The number of piperidine rings is 1. The second-order valence-electron chi connectivity index (χ2n) is 6.16. The van der Waals surface area contributed by atoms with Gasteiger partial charge in [0.1, 0.15) is 29.3 Å². The Hall–Kier alpha value is -3.30. The highest BCUT2D eigenvalue weighted by Crippen LogP contribution is 2.27. The molecule has 4 rings (SSSR count). The van der Waals surface area contributed by atoms with Gasteiger partial charge in [0.15, 0.2) is 11.5 Å². The molecular formula is C17H15F2N5O3. The Balaban J connectivity index is 1.61. The first-order valence-electron chi connectivity index (χ1n) is 8.31. The number of hydrogen-bond donors (Lipinski definition) is 1. The van der Waals surface area contributed by atoms with E-state index in [2.05, 4.69) is 15.1 Å². The molecule has 1 aromatic carbocycles. The van der Waals surface area contributed by atoms with Crippen LogP contribution in [0.1, 0.15) is 12.8 Å². The van der Waals surface area contributed by atoms with Crippen LogP contribution < -0.4 is 4.74 Å². The fourth-order valence-corrected chi connectivity index (χ4v) is 3.07. The number of amides is 1. The maximum Gasteiger partial charge on any atom is 0.407 e. The van der Waals surface area contributed by atoms with E-state index < -0.39 is 17.7 Å². The van der Waals surface area contributed by atoms with E-state index in [4.69, 9.17) is 9.84 Å². The number of halogens is 2. The summed E-state index contributed by atoms with van der Waals surface area (Å²) in [6.45, 7) is 0.766. The van der Waals surface area contributed by atoms with Gasteiger partial charge in [0.05, 0.1) is 6.20 Å². The molecule has 0 radical (unpaired) electrons. The summed E-state index contributed by atoms with van der Waals surface area (Å²) in [5, 5.41) is 13.6. The van der Waals surface area contributed by atoms with Crippen LogP contribution in [0.5, 0.6) is 5.88 Å². The molecular weight excluding hydrogens is 360 g/mol. The van der Waals surface area contributed by atoms with Crippen LogP contribution in [0.25, 0.3) is 16.7 Å². The predicted octanol–water partition coefficient (Wildman–Crippen LogP) is 2.61. The molecule has 1 aliphatic heterocycles. The van der Waals surface area contributed by atoms with E-state index in [9.17, 15) is 13.6 Å². The minimum Gasteiger partial charge on any atom is -0.474 e. The summed E-state index contributed by atoms with van der Waals surface area (Å²) >= 11 is 0. The first-order valence-corrected chi connectivity index (χ1v) is 8.31. The molecule has 8 nitrogen and oxygen atoms in total. The topological polar surface area (TPSA) is 93.4 Å². The summed E-state index contributed by atoms with van der Waals surface area (Å²) < 4.78 is 34.4. The number of likely N-dealkylation sites (tertiary alicyclic amines) is 1. The first kappa shape index (κ1) is 17.1. The SMILES string of the molecule is O=C(O)N1CCC(Oc2ncnc3c2cnn3-c2ccc(F)cc2F)CC1. The number of hydrogen-bond acceptors (Lipinski definition) is 5. The Bertz CT molecular complexity index is 1000. The summed E-state index contributed by atoms with van der Waals surface area (Å²) in [7, 11) is 0. The Labute approximate surface area is 152 Å². The van der Waals surface area contributed by atoms with Gasteiger partial charge in [-0.05, 0) is 12.1 Å². The number of ether oxygens (including phenoxy) is 1. The van der Waals surface area contributed by atoms with Gasteiger partial charge in [-0.1, -0.05) is 0 Å². The molecule has 0 aliphatic carbocycles. The molecule has 3 heterocycles. The van der Waals surface area contributed by atoms with Gasteiger partial charge in [-0.2, -0.15) is 5.10 Å². The molecule has 1 aliphatic rings. The molecule has 1 saturated heterocycles. The van der Waals surface area contributed by atoms with E-state index in [0.29, 0.717) is 42.8 Å². The van der Waals surface area contributed by atoms with Crippen LogP contribution in [0, 0.1) is 11.6 Å². The van der Waals surface area contributed by atoms with Crippen LogP contribution in [0.4, 0.5) is 13.6 Å². The Kier molecular flexibility index (Phi) is 4.30. The highest BCUT2D eigenvalue weighted by molar-refractivity contribution is 5.81. The molecule has 1 N–H and O–H groups in total. The molecule has 27 heavy (non-hydrogen) atoms. The zero-order valence-electron chi connectivity index (χ0n) is 14.0. The standard InChI is InChI=1S/C17H15F2N5O3/c18-10-1-2-14(13(19)7-10)24-15-12(8-22-24)16(21-9-20-15)27-11-3-5-23(6-4-11)17(25)26/h1-2,7-9,11H,3-6H2,(H,25,26). The van der Waals surface area contributed by atoms with Crippen molar-refractivity contribution in [3.8, 4) is 11.6 Å². The molecule has 2 aromatic heterocycles. The molecule has 0 bridgehead atoms. The van der Waals surface area contributed by atoms with Gasteiger partial charge in [0.2, 0.25) is 5.88 Å². The molecule has 3 aromatic rings. The summed E-state index contributed by atoms with van der Waals surface area (Å²) in [6.07, 6.45) is 2.69. The summed E-state index contributed by atoms with van der Waals surface area (Å²) in [6, 6.07) is 3.19. The fraction of sp³-hybridized carbons (Fsp3) is 0.294. The van der Waals surface area contributed by atoms with Gasteiger partial charge in [-0.3, -0.25) is 0 Å². The van der Waals surface area contributed by atoms with E-state index in [0.717, 1.165) is 12.1 Å². The lowest BCUT2D eigenvalue weighted by Gasteiger charge is -2.29. The molecule has 140 valence electrons. The first-order chi connectivity index (χ1) is 13.0. The smallest absolute Gasteiger partial charge is 0.407 e. The zero-order chi connectivity index (χ0) is 19.0. The largest absolute Gasteiger partial charge is 0.474 e. The van der Waals surface area contributed by atoms with E-state index in [-0.39, 0.29) is 11.8 Å². The molecule has 1 amide bonds. The summed E-state index contributed by atoms with van der Waals surface area (Å²) in [4.78, 5) is 20.6. The molecule has 1 fully saturated rings. The second-order valence-corrected chi connectivity index (χ2v) is 6.16. The number of carbonyl (C=O) groups is 1. The number of fused-ring (bicyclic) bond motifs is 1. The zero-order valence-corrected chi connectivity index (χ0v) is 14.0. The van der Waals surface area contributed by atoms with Crippen molar-refractivity contribution in [1.82, 2.24) is 24.6 Å². The number of benzene rings is 1. The molecule has 0 unspecified atom stereocenters. The number of nitrogens with zero attached hydrogens (tertiary/aromatic N) is 5. The van der Waals surface area contributed by atoms with Gasteiger partial charge < -0.3 is 14.7 Å². The predicted molar refractivity (Wildman–Crippen MR) is 89.8 cm³/mol. The van der Waals surface area contributed by atoms with Crippen molar-refractivity contribution < 1.29 is 23.4 Å². The van der Waals surface area contributed by atoms with Crippen LogP contribution in [-0.4, -0.2) is 55.0 Å². The van der Waals surface area contributed by atoms with Crippen molar-refractivity contribution in [3.63, 3.8) is 0 Å². The van der Waals surface area contributed by atoms with Crippen LogP contribution in [-0.2, 0) is 0 Å². The Morgan fingerprint density at radius 1 is 1.22 bits per heavy atom. The molecule has 10 heteroatoms. The van der Waals surface area contributed by atoms with E-state index >= 15 is 0 Å². The lowest BCUT2D eigenvalue weighted by Crippen LogP contribution is -2.41. The minimum absolute atomic E-state index is 0.0609. The molecule has 0 saturated carbocycles. The van der Waals surface area contributed by atoms with Crippen LogP contribution in [0.2, 0.25) is 0 Å². The summed E-state index contributed by atoms with van der Waals surface area (Å²) in [5.74, 6) is -1.15. The van der Waals surface area contributed by atoms with E-state index in [1.165, 1.54) is 28.2 Å². The van der Waals surface area contributed by atoms with Crippen LogP contribution in [0.15, 0.2) is 30.7 Å². The number of rotatable bonds is 3. The second kappa shape index (κ2) is 6.78. The Morgan fingerprint density at radius 2 is 2.00 bits per heavy atom. The third kappa shape index (κ3) is 3.25. The van der Waals surface area contributed by atoms with Crippen molar-refractivity contribution in [1.29, 1.82) is 0 Å². The maximum absolute atomic E-state index is 14.1. The average molecular weight is 375 g/mol. The van der Waals surface area contributed by atoms with Crippen molar-refractivity contribution in [2.75, 3.05) is 13.1 Å². The van der Waals surface area contributed by atoms with Gasteiger partial charge >= 0.3 is 6.09 Å². The van der Waals surface area contributed by atoms with E-state index in [1.807, 2.05) is 0 Å². The maximum atomic E-state index is 14.1. The number of aromatic nitrogens is 4. The van der Waals surface area contributed by atoms with Gasteiger partial charge in [0.25, 0.3) is 0 Å². The van der Waals surface area contributed by atoms with Crippen molar-refractivity contribution in [3.05, 3.63) is 42.4 Å². The lowest BCUT2D eigenvalue weighted by molar-refractivity contribution is 0.0879. The molecule has 0 atom stereocenters. The average Bonchev–Trinajstić information content (AvgIpc) is 3.07.